The molecular weight excluding hydrogens is 498 g/mol. The fourth-order valence-corrected chi connectivity index (χ4v) is 4.84. The lowest BCUT2D eigenvalue weighted by molar-refractivity contribution is -0.145. The topological polar surface area (TPSA) is 105 Å². The minimum Gasteiger partial charge on any atom is -0.454 e. The minimum atomic E-state index is -1.29. The number of carbonyl (C=O) groups is 4. The fourth-order valence-electron chi connectivity index (χ4n) is 4.84. The number of hydrogen-bond donors (Lipinski definition) is 1. The number of carbonyl (C=O) groups excluding carboxylic acids is 4. The molecule has 3 amide bonds. The lowest BCUT2D eigenvalue weighted by Gasteiger charge is -2.40. The number of para-hydroxylation sites is 1. The first-order chi connectivity index (χ1) is 18.7. The summed E-state index contributed by atoms with van der Waals surface area (Å²) in [6, 6.07) is 19.3. The van der Waals surface area contributed by atoms with Crippen molar-refractivity contribution < 1.29 is 28.7 Å². The maximum Gasteiger partial charge on any atom is 0.299 e. The predicted molar refractivity (Wildman–Crippen MR) is 145 cm³/mol. The van der Waals surface area contributed by atoms with Crippen LogP contribution in [0.3, 0.4) is 0 Å². The standard InChI is InChI=1S/C30H29N3O6/c1-4-30(3,29(37)31-21-13-14-24-25(15-21)39-18-38-24)33(16-20-10-6-5-9-19(20)2)26(34)17-32-23-12-8-7-11-22(23)27(35)28(32)36/h5-15H,4,16-18H2,1-3H3,(H,31,37). The molecule has 39 heavy (non-hydrogen) atoms. The van der Waals surface area contributed by atoms with E-state index in [9.17, 15) is 19.2 Å². The van der Waals surface area contributed by atoms with E-state index in [0.717, 1.165) is 11.1 Å². The largest absolute Gasteiger partial charge is 0.454 e. The van der Waals surface area contributed by atoms with E-state index in [1.807, 2.05) is 38.1 Å². The Balaban J connectivity index is 1.47. The van der Waals surface area contributed by atoms with Crippen LogP contribution in [0, 0.1) is 6.92 Å². The number of hydrogen-bond acceptors (Lipinski definition) is 6. The molecule has 1 N–H and O–H groups in total. The molecule has 3 aromatic rings. The van der Waals surface area contributed by atoms with Gasteiger partial charge in [0.1, 0.15) is 12.1 Å². The zero-order chi connectivity index (χ0) is 27.7. The first kappa shape index (κ1) is 26.0. The van der Waals surface area contributed by atoms with Crippen molar-refractivity contribution in [2.24, 2.45) is 0 Å². The van der Waals surface area contributed by atoms with Gasteiger partial charge in [0.15, 0.2) is 11.5 Å². The van der Waals surface area contributed by atoms with Crippen LogP contribution in [0.4, 0.5) is 11.4 Å². The van der Waals surface area contributed by atoms with Crippen LogP contribution in [0.25, 0.3) is 0 Å². The van der Waals surface area contributed by atoms with E-state index in [1.54, 1.807) is 49.4 Å². The molecule has 0 aliphatic carbocycles. The molecule has 1 unspecified atom stereocenters. The Bertz CT molecular complexity index is 1490. The van der Waals surface area contributed by atoms with Crippen LogP contribution in [0.2, 0.25) is 0 Å². The molecule has 0 aromatic heterocycles. The van der Waals surface area contributed by atoms with Gasteiger partial charge in [0.2, 0.25) is 18.6 Å². The first-order valence-corrected chi connectivity index (χ1v) is 12.7. The van der Waals surface area contributed by atoms with Gasteiger partial charge in [0.25, 0.3) is 11.7 Å². The van der Waals surface area contributed by atoms with E-state index in [4.69, 9.17) is 9.47 Å². The monoisotopic (exact) mass is 527 g/mol. The summed E-state index contributed by atoms with van der Waals surface area (Å²) in [5, 5.41) is 2.92. The van der Waals surface area contributed by atoms with E-state index in [0.29, 0.717) is 29.3 Å². The molecule has 9 nitrogen and oxygen atoms in total. The highest BCUT2D eigenvalue weighted by atomic mass is 16.7. The SMILES string of the molecule is CCC(C)(C(=O)Nc1ccc2c(c1)OCO2)N(Cc1ccccc1C)C(=O)CN1C(=O)C(=O)c2ccccc21. The molecule has 0 spiro atoms. The van der Waals surface area contributed by atoms with Crippen LogP contribution in [-0.4, -0.2) is 47.3 Å². The van der Waals surface area contributed by atoms with Crippen LogP contribution in [0.5, 0.6) is 11.5 Å². The van der Waals surface area contributed by atoms with E-state index < -0.39 is 29.0 Å². The van der Waals surface area contributed by atoms with Gasteiger partial charge < -0.3 is 19.7 Å². The van der Waals surface area contributed by atoms with Crippen LogP contribution >= 0.6 is 0 Å². The highest BCUT2D eigenvalue weighted by Crippen LogP contribution is 2.35. The Hall–Kier alpha value is -4.66. The molecule has 0 bridgehead atoms. The number of rotatable bonds is 8. The second-order valence-electron chi connectivity index (χ2n) is 9.79. The Morgan fingerprint density at radius 3 is 2.49 bits per heavy atom. The number of benzene rings is 3. The van der Waals surface area contributed by atoms with Gasteiger partial charge in [-0.25, -0.2) is 0 Å². The number of anilines is 2. The Morgan fingerprint density at radius 2 is 1.72 bits per heavy atom. The summed E-state index contributed by atoms with van der Waals surface area (Å²) in [6.45, 7) is 5.35. The van der Waals surface area contributed by atoms with Gasteiger partial charge >= 0.3 is 0 Å². The van der Waals surface area contributed by atoms with E-state index in [-0.39, 0.29) is 25.4 Å². The summed E-state index contributed by atoms with van der Waals surface area (Å²) < 4.78 is 10.8. The summed E-state index contributed by atoms with van der Waals surface area (Å²) in [5.74, 6) is -1.15. The zero-order valence-electron chi connectivity index (χ0n) is 22.0. The molecule has 1 atom stereocenters. The van der Waals surface area contributed by atoms with Gasteiger partial charge in [0.05, 0.1) is 11.3 Å². The number of ether oxygens (including phenoxy) is 2. The minimum absolute atomic E-state index is 0.110. The summed E-state index contributed by atoms with van der Waals surface area (Å²) in [4.78, 5) is 55.9. The van der Waals surface area contributed by atoms with Crippen molar-refractivity contribution in [1.29, 1.82) is 0 Å². The number of amides is 3. The fraction of sp³-hybridized carbons (Fsp3) is 0.267. The van der Waals surface area contributed by atoms with E-state index >= 15 is 0 Å². The molecule has 0 saturated carbocycles. The van der Waals surface area contributed by atoms with Gasteiger partial charge in [-0.15, -0.1) is 0 Å². The molecule has 5 rings (SSSR count). The molecule has 2 aliphatic rings. The van der Waals surface area contributed by atoms with Crippen molar-refractivity contribution in [1.82, 2.24) is 4.90 Å². The maximum atomic E-state index is 14.0. The Labute approximate surface area is 226 Å². The summed E-state index contributed by atoms with van der Waals surface area (Å²) >= 11 is 0. The van der Waals surface area contributed by atoms with Gasteiger partial charge in [-0.2, -0.15) is 0 Å². The molecule has 2 heterocycles. The number of nitrogens with one attached hydrogen (secondary N) is 1. The quantitative estimate of drug-likeness (QED) is 0.443. The van der Waals surface area contributed by atoms with Crippen molar-refractivity contribution in [2.75, 3.05) is 23.6 Å². The molecule has 2 aliphatic heterocycles. The summed E-state index contributed by atoms with van der Waals surface area (Å²) in [7, 11) is 0. The van der Waals surface area contributed by atoms with Gasteiger partial charge in [0, 0.05) is 18.3 Å². The first-order valence-electron chi connectivity index (χ1n) is 12.7. The summed E-state index contributed by atoms with van der Waals surface area (Å²) in [6.07, 6.45) is 0.296. The molecule has 200 valence electrons. The van der Waals surface area contributed by atoms with E-state index in [2.05, 4.69) is 5.32 Å². The van der Waals surface area contributed by atoms with Crippen molar-refractivity contribution in [3.05, 3.63) is 83.4 Å². The average molecular weight is 528 g/mol. The number of ketones is 1. The number of nitrogens with zero attached hydrogens (tertiary/aromatic N) is 2. The third-order valence-corrected chi connectivity index (χ3v) is 7.47. The molecule has 0 saturated heterocycles. The highest BCUT2D eigenvalue weighted by Gasteiger charge is 2.44. The van der Waals surface area contributed by atoms with Crippen molar-refractivity contribution in [2.45, 2.75) is 39.3 Å². The molecule has 0 radical (unpaired) electrons. The van der Waals surface area contributed by atoms with Gasteiger partial charge in [-0.3, -0.25) is 24.1 Å². The second-order valence-corrected chi connectivity index (χ2v) is 9.79. The highest BCUT2D eigenvalue weighted by molar-refractivity contribution is 6.52. The normalized spacial score (nSPS) is 15.1. The zero-order valence-corrected chi connectivity index (χ0v) is 22.0. The average Bonchev–Trinajstić information content (AvgIpc) is 3.50. The molecule has 0 fully saturated rings. The van der Waals surface area contributed by atoms with Gasteiger partial charge in [-0.05, 0) is 55.7 Å². The number of Topliss-reactive ketones (excluding diaryl/α,β-unsaturated/α-hetero) is 1. The van der Waals surface area contributed by atoms with E-state index in [1.165, 1.54) is 9.80 Å². The van der Waals surface area contributed by atoms with Crippen molar-refractivity contribution in [3.8, 4) is 11.5 Å². The molecular formula is C30H29N3O6. The third-order valence-electron chi connectivity index (χ3n) is 7.47. The van der Waals surface area contributed by atoms with Crippen molar-refractivity contribution in [3.63, 3.8) is 0 Å². The smallest absolute Gasteiger partial charge is 0.299 e. The summed E-state index contributed by atoms with van der Waals surface area (Å²) in [5.41, 5.74) is 1.69. The van der Waals surface area contributed by atoms with Gasteiger partial charge in [-0.1, -0.05) is 43.3 Å². The lowest BCUT2D eigenvalue weighted by atomic mass is 9.93. The second kappa shape index (κ2) is 10.2. The maximum absolute atomic E-state index is 14.0. The Morgan fingerprint density at radius 1 is 1.00 bits per heavy atom. The lowest BCUT2D eigenvalue weighted by Crippen LogP contribution is -2.58. The predicted octanol–water partition coefficient (Wildman–Crippen LogP) is 4.09. The van der Waals surface area contributed by atoms with Crippen molar-refractivity contribution >= 4 is 34.9 Å². The number of fused-ring (bicyclic) bond motifs is 2. The Kier molecular flexibility index (Phi) is 6.82. The molecule has 9 heteroatoms. The van der Waals surface area contributed by atoms with Crippen LogP contribution in [0.1, 0.15) is 41.8 Å². The molecule has 3 aromatic carbocycles. The van der Waals surface area contributed by atoms with Crippen LogP contribution < -0.4 is 19.7 Å². The third kappa shape index (κ3) is 4.71. The van der Waals surface area contributed by atoms with Crippen LogP contribution in [0.15, 0.2) is 66.7 Å². The number of aryl methyl sites for hydroxylation is 1. The van der Waals surface area contributed by atoms with Crippen LogP contribution in [-0.2, 0) is 20.9 Å².